The van der Waals surface area contributed by atoms with Crippen LogP contribution in [0.15, 0.2) is 89.1 Å². The Morgan fingerprint density at radius 1 is 0.868 bits per heavy atom. The summed E-state index contributed by atoms with van der Waals surface area (Å²) in [6.45, 7) is 0.907. The molecule has 0 radical (unpaired) electrons. The van der Waals surface area contributed by atoms with Gasteiger partial charge in [-0.25, -0.2) is 4.79 Å². The lowest BCUT2D eigenvalue weighted by atomic mass is 10.2. The molecule has 0 spiro atoms. The number of ether oxygens (including phenoxy) is 1. The minimum atomic E-state index is -0.305. The van der Waals surface area contributed by atoms with Crippen LogP contribution in [0, 0.1) is 0 Å². The molecule has 0 atom stereocenters. The number of benzene rings is 3. The van der Waals surface area contributed by atoms with Crippen LogP contribution in [0.1, 0.15) is 31.2 Å². The van der Waals surface area contributed by atoms with Crippen LogP contribution in [0.5, 0.6) is 0 Å². The van der Waals surface area contributed by atoms with Crippen LogP contribution < -0.4 is 5.32 Å². The fourth-order valence-electron chi connectivity index (χ4n) is 3.61. The Kier molecular flexibility index (Phi) is 10.4. The second kappa shape index (κ2) is 14.6. The molecule has 0 saturated heterocycles. The first kappa shape index (κ1) is 27.0. The molecule has 0 unspecified atom stereocenters. The number of nitrogens with one attached hydrogen (secondary N) is 1. The number of rotatable bonds is 13. The van der Waals surface area contributed by atoms with Gasteiger partial charge in [0.1, 0.15) is 12.1 Å². The highest BCUT2D eigenvalue weighted by Crippen LogP contribution is 2.20. The molecule has 0 aliphatic carbocycles. The molecule has 0 aliphatic rings. The van der Waals surface area contributed by atoms with Gasteiger partial charge in [-0.05, 0) is 54.8 Å². The van der Waals surface area contributed by atoms with Gasteiger partial charge in [0.2, 0.25) is 0 Å². The number of fused-ring (bicyclic) bond motifs is 1. The largest absolute Gasteiger partial charge is 0.465 e. The van der Waals surface area contributed by atoms with Crippen LogP contribution in [0.4, 0.5) is 16.2 Å². The Morgan fingerprint density at radius 3 is 2.42 bits per heavy atom. The summed E-state index contributed by atoms with van der Waals surface area (Å²) in [4.78, 5) is 24.2. The molecule has 1 heterocycles. The van der Waals surface area contributed by atoms with Crippen molar-refractivity contribution in [3.8, 4) is 0 Å². The summed E-state index contributed by atoms with van der Waals surface area (Å²) in [5.41, 5.74) is 4.16. The number of azo groups is 1. The van der Waals surface area contributed by atoms with Crippen LogP contribution >= 0.6 is 11.8 Å². The number of thioether (sulfide) groups is 1. The third kappa shape index (κ3) is 8.52. The number of amides is 1. The summed E-state index contributed by atoms with van der Waals surface area (Å²) in [5.74, 6) is 1.39. The Bertz CT molecular complexity index is 1340. The average Bonchev–Trinajstić information content (AvgIpc) is 3.39. The lowest BCUT2D eigenvalue weighted by Gasteiger charge is -2.06. The first-order chi connectivity index (χ1) is 18.7. The van der Waals surface area contributed by atoms with Crippen LogP contribution in [0.3, 0.4) is 0 Å². The van der Waals surface area contributed by atoms with E-state index in [-0.39, 0.29) is 12.0 Å². The van der Waals surface area contributed by atoms with E-state index in [9.17, 15) is 9.59 Å². The predicted molar refractivity (Wildman–Crippen MR) is 149 cm³/mol. The highest BCUT2D eigenvalue weighted by atomic mass is 32.2. The molecule has 1 N–H and O–H groups in total. The molecule has 4 rings (SSSR count). The van der Waals surface area contributed by atoms with Gasteiger partial charge in [0.15, 0.2) is 0 Å². The molecule has 10 heteroatoms. The highest BCUT2D eigenvalue weighted by molar-refractivity contribution is 7.98. The first-order valence-electron chi connectivity index (χ1n) is 12.6. The van der Waals surface area contributed by atoms with E-state index in [4.69, 9.17) is 4.74 Å². The standard InChI is InChI=1S/C28H30N6O3S/c35-27(13-5-2-8-18-29-28(36)34-26-12-7-6-11-25(26)32-33-34)37-19-20-38-21-22-14-16-24(17-15-22)31-30-23-9-3-1-4-10-23/h1,3-4,6-7,9-12,14-17H,2,5,8,13,18-21H2,(H,29,36). The lowest BCUT2D eigenvalue weighted by Crippen LogP contribution is -2.30. The summed E-state index contributed by atoms with van der Waals surface area (Å²) in [5, 5.41) is 19.2. The minimum absolute atomic E-state index is 0.183. The van der Waals surface area contributed by atoms with E-state index in [0.29, 0.717) is 30.6 Å². The summed E-state index contributed by atoms with van der Waals surface area (Å²) in [6.07, 6.45) is 2.70. The number of hydrogen-bond donors (Lipinski definition) is 1. The van der Waals surface area contributed by atoms with Crippen molar-refractivity contribution >= 4 is 46.2 Å². The van der Waals surface area contributed by atoms with Gasteiger partial charge in [-0.2, -0.15) is 26.7 Å². The van der Waals surface area contributed by atoms with E-state index >= 15 is 0 Å². The smallest absolute Gasteiger partial charge is 0.344 e. The molecule has 3 aromatic carbocycles. The number of para-hydroxylation sites is 1. The zero-order valence-corrected chi connectivity index (χ0v) is 21.8. The van der Waals surface area contributed by atoms with E-state index in [2.05, 4.69) is 25.9 Å². The van der Waals surface area contributed by atoms with Crippen molar-refractivity contribution in [2.75, 3.05) is 18.9 Å². The topological polar surface area (TPSA) is 111 Å². The first-order valence-corrected chi connectivity index (χ1v) is 13.7. The second-order valence-corrected chi connectivity index (χ2v) is 9.61. The van der Waals surface area contributed by atoms with Crippen molar-refractivity contribution in [3.63, 3.8) is 0 Å². The van der Waals surface area contributed by atoms with E-state index in [1.807, 2.05) is 72.8 Å². The molecule has 9 nitrogen and oxygen atoms in total. The molecule has 0 bridgehead atoms. The number of nitrogens with zero attached hydrogens (tertiary/aromatic N) is 5. The normalized spacial score (nSPS) is 11.2. The molecular formula is C28H30N6O3S. The molecular weight excluding hydrogens is 500 g/mol. The van der Waals surface area contributed by atoms with Gasteiger partial charge in [0.05, 0.1) is 16.9 Å². The lowest BCUT2D eigenvalue weighted by molar-refractivity contribution is -0.143. The van der Waals surface area contributed by atoms with Gasteiger partial charge < -0.3 is 10.1 Å². The fourth-order valence-corrected chi connectivity index (χ4v) is 4.38. The van der Waals surface area contributed by atoms with Gasteiger partial charge in [-0.15, -0.1) is 5.10 Å². The number of aromatic nitrogens is 3. The number of carbonyl (C=O) groups is 2. The number of hydrogen-bond acceptors (Lipinski definition) is 8. The highest BCUT2D eigenvalue weighted by Gasteiger charge is 2.10. The van der Waals surface area contributed by atoms with Crippen LogP contribution in [0.2, 0.25) is 0 Å². The molecule has 1 amide bonds. The summed E-state index contributed by atoms with van der Waals surface area (Å²) in [7, 11) is 0. The zero-order valence-electron chi connectivity index (χ0n) is 21.0. The predicted octanol–water partition coefficient (Wildman–Crippen LogP) is 6.44. The third-order valence-corrected chi connectivity index (χ3v) is 6.60. The van der Waals surface area contributed by atoms with Crippen molar-refractivity contribution in [2.45, 2.75) is 31.4 Å². The number of unbranched alkanes of at least 4 members (excludes halogenated alkanes) is 2. The number of carbonyl (C=O) groups excluding carboxylic acids is 2. The van der Waals surface area contributed by atoms with Crippen molar-refractivity contribution < 1.29 is 14.3 Å². The number of esters is 1. The van der Waals surface area contributed by atoms with Gasteiger partial charge in [0.25, 0.3) is 0 Å². The molecule has 0 saturated carbocycles. The van der Waals surface area contributed by atoms with E-state index in [0.717, 1.165) is 42.1 Å². The monoisotopic (exact) mass is 530 g/mol. The maximum atomic E-state index is 12.3. The summed E-state index contributed by atoms with van der Waals surface area (Å²) < 4.78 is 6.60. The maximum Gasteiger partial charge on any atom is 0.344 e. The molecule has 196 valence electrons. The summed E-state index contributed by atoms with van der Waals surface area (Å²) >= 11 is 1.72. The SMILES string of the molecule is O=C(CCCCCNC(=O)n1nnc2ccccc21)OCCSCc1ccc(N=Nc2ccccc2)cc1. The van der Waals surface area contributed by atoms with Gasteiger partial charge >= 0.3 is 12.0 Å². The van der Waals surface area contributed by atoms with E-state index in [1.165, 1.54) is 10.2 Å². The second-order valence-electron chi connectivity index (χ2n) is 8.51. The van der Waals surface area contributed by atoms with E-state index in [1.54, 1.807) is 17.8 Å². The Balaban J connectivity index is 1.01. The van der Waals surface area contributed by atoms with Crippen molar-refractivity contribution in [1.82, 2.24) is 20.3 Å². The molecule has 0 fully saturated rings. The van der Waals surface area contributed by atoms with Crippen LogP contribution in [-0.2, 0) is 15.3 Å². The van der Waals surface area contributed by atoms with Crippen LogP contribution in [-0.4, -0.2) is 45.9 Å². The van der Waals surface area contributed by atoms with Gasteiger partial charge in [0, 0.05) is 24.5 Å². The fraction of sp³-hybridized carbons (Fsp3) is 0.286. The van der Waals surface area contributed by atoms with Crippen molar-refractivity contribution in [2.24, 2.45) is 10.2 Å². The van der Waals surface area contributed by atoms with Gasteiger partial charge in [-0.3, -0.25) is 4.79 Å². The Morgan fingerprint density at radius 2 is 1.61 bits per heavy atom. The van der Waals surface area contributed by atoms with Crippen molar-refractivity contribution in [3.05, 3.63) is 84.4 Å². The zero-order chi connectivity index (χ0) is 26.4. The maximum absolute atomic E-state index is 12.3. The minimum Gasteiger partial charge on any atom is -0.465 e. The van der Waals surface area contributed by atoms with Gasteiger partial charge in [-0.1, -0.05) is 54.1 Å². The van der Waals surface area contributed by atoms with Crippen molar-refractivity contribution in [1.29, 1.82) is 0 Å². The Hall–Kier alpha value is -4.05. The van der Waals surface area contributed by atoms with E-state index < -0.39 is 0 Å². The Labute approximate surface area is 225 Å². The molecule has 38 heavy (non-hydrogen) atoms. The quantitative estimate of drug-likeness (QED) is 0.121. The summed E-state index contributed by atoms with van der Waals surface area (Å²) in [6, 6.07) is 24.6. The third-order valence-electron chi connectivity index (χ3n) is 5.61. The molecule has 4 aromatic rings. The molecule has 1 aromatic heterocycles. The molecule has 0 aliphatic heterocycles. The average molecular weight is 531 g/mol. The van der Waals surface area contributed by atoms with Crippen LogP contribution in [0.25, 0.3) is 11.0 Å².